The summed E-state index contributed by atoms with van der Waals surface area (Å²) in [6.45, 7) is 1.94. The van der Waals surface area contributed by atoms with Gasteiger partial charge in [-0.05, 0) is 38.3 Å². The van der Waals surface area contributed by atoms with Crippen molar-refractivity contribution in [2.45, 2.75) is 31.7 Å². The number of amides is 1. The zero-order valence-corrected chi connectivity index (χ0v) is 10.6. The van der Waals surface area contributed by atoms with Gasteiger partial charge in [-0.25, -0.2) is 0 Å². The Bertz CT molecular complexity index is 526. The Morgan fingerprint density at radius 3 is 2.63 bits per heavy atom. The van der Waals surface area contributed by atoms with Gasteiger partial charge in [-0.15, -0.1) is 0 Å². The summed E-state index contributed by atoms with van der Waals surface area (Å²) in [4.78, 5) is 22.6. The summed E-state index contributed by atoms with van der Waals surface area (Å²) in [6.07, 6.45) is 2.84. The minimum Gasteiger partial charge on any atom is -0.347 e. The zero-order valence-electron chi connectivity index (χ0n) is 10.6. The van der Waals surface area contributed by atoms with E-state index in [9.17, 15) is 14.9 Å². The minimum atomic E-state index is -0.604. The lowest BCUT2D eigenvalue weighted by molar-refractivity contribution is -0.384. The highest BCUT2D eigenvalue weighted by atomic mass is 16.6. The monoisotopic (exact) mass is 264 g/mol. The fraction of sp³-hybridized carbons (Fsp3) is 0.417. The Kier molecular flexibility index (Phi) is 3.39. The topological polar surface area (TPSA) is 110 Å². The van der Waals surface area contributed by atoms with Gasteiger partial charge in [0.1, 0.15) is 11.3 Å². The van der Waals surface area contributed by atoms with E-state index in [0.29, 0.717) is 0 Å². The van der Waals surface area contributed by atoms with Crippen LogP contribution in [-0.4, -0.2) is 16.4 Å². The molecule has 1 aromatic carbocycles. The maximum atomic E-state index is 12.2. The number of carbonyl (C=O) groups is 1. The molecule has 1 aromatic rings. The highest BCUT2D eigenvalue weighted by Crippen LogP contribution is 2.33. The second-order valence-corrected chi connectivity index (χ2v) is 4.97. The predicted octanol–water partition coefficient (Wildman–Crippen LogP) is 1.55. The van der Waals surface area contributed by atoms with Gasteiger partial charge >= 0.3 is 5.69 Å². The number of nitrogens with two attached hydrogens (primary N) is 1. The van der Waals surface area contributed by atoms with E-state index in [-0.39, 0.29) is 22.5 Å². The van der Waals surface area contributed by atoms with Crippen LogP contribution in [0.1, 0.15) is 36.5 Å². The standard InChI is InChI=1S/C12H16N4O3/c1-12(6-3-7-12)14-11(17)8-4-2-5-9(15-13)10(8)16(18)19/h2,4-5,15H,3,6-7,13H2,1H3,(H,14,17). The fourth-order valence-electron chi connectivity index (χ4n) is 2.21. The second kappa shape index (κ2) is 4.85. The van der Waals surface area contributed by atoms with E-state index in [1.165, 1.54) is 12.1 Å². The largest absolute Gasteiger partial charge is 0.347 e. The average molecular weight is 264 g/mol. The van der Waals surface area contributed by atoms with Crippen molar-refractivity contribution in [1.29, 1.82) is 0 Å². The molecular weight excluding hydrogens is 248 g/mol. The van der Waals surface area contributed by atoms with Crippen molar-refractivity contribution < 1.29 is 9.72 Å². The predicted molar refractivity (Wildman–Crippen MR) is 70.6 cm³/mol. The highest BCUT2D eigenvalue weighted by Gasteiger charge is 2.35. The van der Waals surface area contributed by atoms with Crippen molar-refractivity contribution in [2.75, 3.05) is 5.43 Å². The number of para-hydroxylation sites is 1. The quantitative estimate of drug-likeness (QED) is 0.434. The highest BCUT2D eigenvalue weighted by molar-refractivity contribution is 6.00. The van der Waals surface area contributed by atoms with E-state index in [0.717, 1.165) is 19.3 Å². The SMILES string of the molecule is CC1(NC(=O)c2cccc(NN)c2[N+](=O)[O-])CCC1. The Balaban J connectivity index is 2.33. The van der Waals surface area contributed by atoms with Gasteiger partial charge in [0, 0.05) is 5.54 Å². The fourth-order valence-corrected chi connectivity index (χ4v) is 2.21. The second-order valence-electron chi connectivity index (χ2n) is 4.97. The molecule has 0 saturated heterocycles. The number of nitro groups is 1. The molecule has 0 radical (unpaired) electrons. The molecule has 19 heavy (non-hydrogen) atoms. The van der Waals surface area contributed by atoms with E-state index >= 15 is 0 Å². The van der Waals surface area contributed by atoms with Crippen molar-refractivity contribution in [2.24, 2.45) is 5.84 Å². The lowest BCUT2D eigenvalue weighted by Crippen LogP contribution is -2.51. The number of nitro benzene ring substituents is 1. The summed E-state index contributed by atoms with van der Waals surface area (Å²) in [5.41, 5.74) is 1.83. The number of hydrogen-bond donors (Lipinski definition) is 3. The summed E-state index contributed by atoms with van der Waals surface area (Å²) in [7, 11) is 0. The normalized spacial score (nSPS) is 16.3. The first-order chi connectivity index (χ1) is 8.97. The summed E-state index contributed by atoms with van der Waals surface area (Å²) in [6, 6.07) is 4.44. The van der Waals surface area contributed by atoms with E-state index in [2.05, 4.69) is 10.7 Å². The molecule has 0 aromatic heterocycles. The molecule has 1 saturated carbocycles. The molecule has 4 N–H and O–H groups in total. The summed E-state index contributed by atoms with van der Waals surface area (Å²) >= 11 is 0. The molecule has 7 heteroatoms. The van der Waals surface area contributed by atoms with Crippen molar-refractivity contribution in [3.05, 3.63) is 33.9 Å². The number of anilines is 1. The Morgan fingerprint density at radius 2 is 2.16 bits per heavy atom. The molecule has 1 amide bonds. The molecular formula is C12H16N4O3. The van der Waals surface area contributed by atoms with Crippen LogP contribution < -0.4 is 16.6 Å². The first kappa shape index (κ1) is 13.3. The summed E-state index contributed by atoms with van der Waals surface area (Å²) in [5, 5.41) is 13.9. The van der Waals surface area contributed by atoms with Crippen LogP contribution in [0.3, 0.4) is 0 Å². The smallest absolute Gasteiger partial charge is 0.306 e. The maximum absolute atomic E-state index is 12.2. The third kappa shape index (κ3) is 2.50. The van der Waals surface area contributed by atoms with Gasteiger partial charge in [0.05, 0.1) is 4.92 Å². The van der Waals surface area contributed by atoms with Gasteiger partial charge in [-0.2, -0.15) is 0 Å². The third-order valence-electron chi connectivity index (χ3n) is 3.49. The molecule has 0 aliphatic heterocycles. The van der Waals surface area contributed by atoms with Crippen molar-refractivity contribution >= 4 is 17.3 Å². The van der Waals surface area contributed by atoms with Crippen LogP contribution in [0.4, 0.5) is 11.4 Å². The Morgan fingerprint density at radius 1 is 1.47 bits per heavy atom. The van der Waals surface area contributed by atoms with Crippen LogP contribution in [0, 0.1) is 10.1 Å². The molecule has 2 rings (SSSR count). The number of rotatable bonds is 4. The number of carbonyl (C=O) groups excluding carboxylic acids is 1. The van der Waals surface area contributed by atoms with Gasteiger partial charge in [-0.1, -0.05) is 6.07 Å². The minimum absolute atomic E-state index is 0.0218. The van der Waals surface area contributed by atoms with Gasteiger partial charge in [-0.3, -0.25) is 20.8 Å². The number of hydrogen-bond acceptors (Lipinski definition) is 5. The van der Waals surface area contributed by atoms with Crippen LogP contribution >= 0.6 is 0 Å². The van der Waals surface area contributed by atoms with Crippen LogP contribution in [0.2, 0.25) is 0 Å². The van der Waals surface area contributed by atoms with E-state index in [4.69, 9.17) is 5.84 Å². The molecule has 0 atom stereocenters. The number of hydrazine groups is 1. The van der Waals surface area contributed by atoms with Crippen molar-refractivity contribution in [3.8, 4) is 0 Å². The maximum Gasteiger partial charge on any atom is 0.306 e. The number of benzene rings is 1. The molecule has 0 spiro atoms. The van der Waals surface area contributed by atoms with Gasteiger partial charge in [0.15, 0.2) is 0 Å². The lowest BCUT2D eigenvalue weighted by Gasteiger charge is -2.39. The molecule has 0 heterocycles. The number of nitrogens with zero attached hydrogens (tertiary/aromatic N) is 1. The molecule has 1 fully saturated rings. The molecule has 7 nitrogen and oxygen atoms in total. The first-order valence-electron chi connectivity index (χ1n) is 6.03. The van der Waals surface area contributed by atoms with Crippen molar-refractivity contribution in [1.82, 2.24) is 5.32 Å². The van der Waals surface area contributed by atoms with Crippen LogP contribution in [0.5, 0.6) is 0 Å². The number of nitrogens with one attached hydrogen (secondary N) is 2. The van der Waals surface area contributed by atoms with Gasteiger partial charge < -0.3 is 10.7 Å². The summed E-state index contributed by atoms with van der Waals surface area (Å²) in [5.74, 6) is 4.80. The van der Waals surface area contributed by atoms with E-state index in [1.54, 1.807) is 6.07 Å². The van der Waals surface area contributed by atoms with Crippen LogP contribution in [0.25, 0.3) is 0 Å². The average Bonchev–Trinajstić information content (AvgIpc) is 2.35. The first-order valence-corrected chi connectivity index (χ1v) is 6.03. The molecule has 0 bridgehead atoms. The van der Waals surface area contributed by atoms with E-state index < -0.39 is 10.8 Å². The Labute approximate surface area is 110 Å². The van der Waals surface area contributed by atoms with Crippen LogP contribution in [-0.2, 0) is 0 Å². The molecule has 0 unspecified atom stereocenters. The van der Waals surface area contributed by atoms with Crippen molar-refractivity contribution in [3.63, 3.8) is 0 Å². The molecule has 102 valence electrons. The molecule has 1 aliphatic rings. The van der Waals surface area contributed by atoms with Gasteiger partial charge in [0.2, 0.25) is 0 Å². The zero-order chi connectivity index (χ0) is 14.0. The third-order valence-corrected chi connectivity index (χ3v) is 3.49. The Hall–Kier alpha value is -2.15. The van der Waals surface area contributed by atoms with Crippen LogP contribution in [0.15, 0.2) is 18.2 Å². The molecule has 1 aliphatic carbocycles. The lowest BCUT2D eigenvalue weighted by atomic mass is 9.78. The van der Waals surface area contributed by atoms with Gasteiger partial charge in [0.25, 0.3) is 5.91 Å². The van der Waals surface area contributed by atoms with E-state index in [1.807, 2.05) is 6.92 Å². The summed E-state index contributed by atoms with van der Waals surface area (Å²) < 4.78 is 0. The number of nitrogen functional groups attached to an aromatic ring is 1.